The molecule has 0 radical (unpaired) electrons. The van der Waals surface area contributed by atoms with Crippen molar-refractivity contribution < 1.29 is 0 Å². The minimum absolute atomic E-state index is 0.549. The highest BCUT2D eigenvalue weighted by atomic mass is 15.2. The van der Waals surface area contributed by atoms with E-state index in [4.69, 9.17) is 5.73 Å². The first-order valence-electron chi connectivity index (χ1n) is 10.2. The van der Waals surface area contributed by atoms with Crippen molar-refractivity contribution >= 4 is 11.4 Å². The van der Waals surface area contributed by atoms with Gasteiger partial charge in [0.1, 0.15) is 0 Å². The number of nitrogens with two attached hydrogens (primary N) is 1. The van der Waals surface area contributed by atoms with E-state index in [0.29, 0.717) is 12.1 Å². The van der Waals surface area contributed by atoms with Crippen molar-refractivity contribution in [2.75, 3.05) is 10.6 Å². The number of anilines is 2. The molecule has 0 bridgehead atoms. The van der Waals surface area contributed by atoms with E-state index in [1.807, 2.05) is 12.1 Å². The number of hydrogen-bond acceptors (Lipinski definition) is 2. The SMILES string of the molecule is CCCCCCC(C)N(c1ccccc1N)C(C)CCCCCC. The van der Waals surface area contributed by atoms with Crippen molar-refractivity contribution in [1.82, 2.24) is 0 Å². The quantitative estimate of drug-likeness (QED) is 0.318. The number of nitrogens with zero attached hydrogens (tertiary/aromatic N) is 1. The Morgan fingerprint density at radius 2 is 1.29 bits per heavy atom. The van der Waals surface area contributed by atoms with E-state index in [0.717, 1.165) is 5.69 Å². The molecule has 138 valence electrons. The summed E-state index contributed by atoms with van der Waals surface area (Å²) >= 11 is 0. The van der Waals surface area contributed by atoms with Crippen molar-refractivity contribution in [1.29, 1.82) is 0 Å². The number of benzene rings is 1. The summed E-state index contributed by atoms with van der Waals surface area (Å²) in [5, 5.41) is 0. The van der Waals surface area contributed by atoms with Crippen molar-refractivity contribution in [3.05, 3.63) is 24.3 Å². The first-order chi connectivity index (χ1) is 11.6. The fourth-order valence-corrected chi connectivity index (χ4v) is 3.64. The number of rotatable bonds is 13. The van der Waals surface area contributed by atoms with Gasteiger partial charge in [-0.2, -0.15) is 0 Å². The summed E-state index contributed by atoms with van der Waals surface area (Å²) in [5.74, 6) is 0. The van der Waals surface area contributed by atoms with Crippen molar-refractivity contribution in [2.24, 2.45) is 0 Å². The fraction of sp³-hybridized carbons (Fsp3) is 0.727. The zero-order valence-corrected chi connectivity index (χ0v) is 16.6. The monoisotopic (exact) mass is 332 g/mol. The molecule has 2 unspecified atom stereocenters. The Morgan fingerprint density at radius 3 is 1.75 bits per heavy atom. The van der Waals surface area contributed by atoms with Crippen LogP contribution < -0.4 is 10.6 Å². The Balaban J connectivity index is 2.73. The van der Waals surface area contributed by atoms with Crippen LogP contribution in [0, 0.1) is 0 Å². The molecule has 0 spiro atoms. The lowest BCUT2D eigenvalue weighted by molar-refractivity contribution is 0.465. The van der Waals surface area contributed by atoms with Crippen LogP contribution in [0.5, 0.6) is 0 Å². The lowest BCUT2D eigenvalue weighted by Crippen LogP contribution is -2.41. The average molecular weight is 333 g/mol. The van der Waals surface area contributed by atoms with Gasteiger partial charge in [0, 0.05) is 12.1 Å². The van der Waals surface area contributed by atoms with Crippen LogP contribution in [0.4, 0.5) is 11.4 Å². The van der Waals surface area contributed by atoms with Gasteiger partial charge in [-0.25, -0.2) is 0 Å². The zero-order valence-electron chi connectivity index (χ0n) is 16.6. The number of para-hydroxylation sites is 2. The number of unbranched alkanes of at least 4 members (excludes halogenated alkanes) is 6. The van der Waals surface area contributed by atoms with Gasteiger partial charge < -0.3 is 10.6 Å². The molecule has 1 aromatic carbocycles. The van der Waals surface area contributed by atoms with E-state index in [2.05, 4.69) is 44.7 Å². The standard InChI is InChI=1S/C22H40N2/c1-5-7-9-11-15-19(3)24(20(4)16-12-10-8-6-2)22-18-14-13-17-21(22)23/h13-14,17-20H,5-12,15-16,23H2,1-4H3. The van der Waals surface area contributed by atoms with Crippen LogP contribution >= 0.6 is 0 Å². The maximum absolute atomic E-state index is 6.31. The van der Waals surface area contributed by atoms with Crippen LogP contribution in [0.25, 0.3) is 0 Å². The third-order valence-corrected chi connectivity index (χ3v) is 5.12. The van der Waals surface area contributed by atoms with Crippen LogP contribution in [0.3, 0.4) is 0 Å². The van der Waals surface area contributed by atoms with Gasteiger partial charge in [0.15, 0.2) is 0 Å². The molecule has 0 aliphatic rings. The second kappa shape index (κ2) is 12.2. The summed E-state index contributed by atoms with van der Waals surface area (Å²) in [6.07, 6.45) is 13.2. The predicted octanol–water partition coefficient (Wildman–Crippen LogP) is 6.79. The minimum Gasteiger partial charge on any atom is -0.397 e. The molecule has 2 atom stereocenters. The second-order valence-corrected chi connectivity index (χ2v) is 7.36. The van der Waals surface area contributed by atoms with Gasteiger partial charge >= 0.3 is 0 Å². The first-order valence-corrected chi connectivity index (χ1v) is 10.2. The maximum atomic E-state index is 6.31. The highest BCUT2D eigenvalue weighted by molar-refractivity contribution is 5.68. The summed E-state index contributed by atoms with van der Waals surface area (Å²) in [6.45, 7) is 9.30. The summed E-state index contributed by atoms with van der Waals surface area (Å²) in [6, 6.07) is 9.48. The molecule has 0 heterocycles. The van der Waals surface area contributed by atoms with Crippen molar-refractivity contribution in [2.45, 2.75) is 104 Å². The smallest absolute Gasteiger partial charge is 0.0604 e. The predicted molar refractivity (Wildman–Crippen MR) is 110 cm³/mol. The molecule has 1 aromatic rings. The maximum Gasteiger partial charge on any atom is 0.0604 e. The minimum atomic E-state index is 0.549. The lowest BCUT2D eigenvalue weighted by atomic mass is 10.0. The van der Waals surface area contributed by atoms with Crippen LogP contribution in [0.15, 0.2) is 24.3 Å². The average Bonchev–Trinajstić information content (AvgIpc) is 2.57. The largest absolute Gasteiger partial charge is 0.397 e. The van der Waals surface area contributed by atoms with Gasteiger partial charge in [-0.1, -0.05) is 77.3 Å². The molecular weight excluding hydrogens is 292 g/mol. The van der Waals surface area contributed by atoms with Gasteiger partial charge in [0.05, 0.1) is 11.4 Å². The number of hydrogen-bond donors (Lipinski definition) is 1. The Labute approximate surface area is 150 Å². The molecule has 0 amide bonds. The molecular formula is C22H40N2. The summed E-state index contributed by atoms with van der Waals surface area (Å²) in [7, 11) is 0. The highest BCUT2D eigenvalue weighted by Gasteiger charge is 2.21. The lowest BCUT2D eigenvalue weighted by Gasteiger charge is -2.38. The molecule has 0 fully saturated rings. The Bertz CT molecular complexity index is 412. The van der Waals surface area contributed by atoms with Gasteiger partial charge in [-0.3, -0.25) is 0 Å². The normalized spacial score (nSPS) is 13.7. The van der Waals surface area contributed by atoms with Crippen LogP contribution in [-0.2, 0) is 0 Å². The molecule has 0 saturated carbocycles. The highest BCUT2D eigenvalue weighted by Crippen LogP contribution is 2.30. The van der Waals surface area contributed by atoms with E-state index in [9.17, 15) is 0 Å². The third-order valence-electron chi connectivity index (χ3n) is 5.12. The first kappa shape index (κ1) is 20.9. The molecule has 2 nitrogen and oxygen atoms in total. The fourth-order valence-electron chi connectivity index (χ4n) is 3.64. The van der Waals surface area contributed by atoms with Gasteiger partial charge in [0.25, 0.3) is 0 Å². The van der Waals surface area contributed by atoms with E-state index < -0.39 is 0 Å². The number of nitrogen functional groups attached to an aromatic ring is 1. The molecule has 1 rings (SSSR count). The van der Waals surface area contributed by atoms with E-state index in [-0.39, 0.29) is 0 Å². The molecule has 2 heteroatoms. The molecule has 2 N–H and O–H groups in total. The van der Waals surface area contributed by atoms with Crippen molar-refractivity contribution in [3.8, 4) is 0 Å². The Hall–Kier alpha value is -1.18. The summed E-state index contributed by atoms with van der Waals surface area (Å²) < 4.78 is 0. The summed E-state index contributed by atoms with van der Waals surface area (Å²) in [5.41, 5.74) is 8.45. The van der Waals surface area contributed by atoms with E-state index >= 15 is 0 Å². The van der Waals surface area contributed by atoms with Gasteiger partial charge in [-0.15, -0.1) is 0 Å². The Kier molecular flexibility index (Phi) is 10.6. The molecule has 0 saturated heterocycles. The Morgan fingerprint density at radius 1 is 0.792 bits per heavy atom. The van der Waals surface area contributed by atoms with Gasteiger partial charge in [-0.05, 0) is 38.8 Å². The van der Waals surface area contributed by atoms with Crippen LogP contribution in [-0.4, -0.2) is 12.1 Å². The molecule has 0 aliphatic heterocycles. The third kappa shape index (κ3) is 7.15. The molecule has 0 aromatic heterocycles. The molecule has 24 heavy (non-hydrogen) atoms. The molecule has 0 aliphatic carbocycles. The zero-order chi connectivity index (χ0) is 17.8. The topological polar surface area (TPSA) is 29.3 Å². The van der Waals surface area contributed by atoms with E-state index in [1.54, 1.807) is 0 Å². The van der Waals surface area contributed by atoms with Crippen molar-refractivity contribution in [3.63, 3.8) is 0 Å². The van der Waals surface area contributed by atoms with E-state index in [1.165, 1.54) is 69.9 Å². The summed E-state index contributed by atoms with van der Waals surface area (Å²) in [4.78, 5) is 2.59. The van der Waals surface area contributed by atoms with Crippen LogP contribution in [0.1, 0.15) is 91.9 Å². The second-order valence-electron chi connectivity index (χ2n) is 7.36. The van der Waals surface area contributed by atoms with Gasteiger partial charge in [0.2, 0.25) is 0 Å². The van der Waals surface area contributed by atoms with Crippen LogP contribution in [0.2, 0.25) is 0 Å².